The molecule has 3 fully saturated rings. The van der Waals surface area contributed by atoms with Crippen LogP contribution in [0.1, 0.15) is 45.4 Å². The van der Waals surface area contributed by atoms with Gasteiger partial charge in [-0.3, -0.25) is 4.79 Å². The van der Waals surface area contributed by atoms with E-state index in [-0.39, 0.29) is 34.5 Å². The van der Waals surface area contributed by atoms with Gasteiger partial charge in [0.1, 0.15) is 0 Å². The molecule has 2 N–H and O–H groups in total. The summed E-state index contributed by atoms with van der Waals surface area (Å²) in [5, 5.41) is 12.4. The number of urea groups is 1. The fourth-order valence-corrected chi connectivity index (χ4v) is 8.85. The molecule has 3 unspecified atom stereocenters. The Hall–Kier alpha value is -3.21. The van der Waals surface area contributed by atoms with Crippen LogP contribution in [0.25, 0.3) is 11.1 Å². The second-order valence-corrected chi connectivity index (χ2v) is 15.6. The van der Waals surface area contributed by atoms with Gasteiger partial charge < -0.3 is 24.2 Å². The van der Waals surface area contributed by atoms with E-state index in [0.29, 0.717) is 44.8 Å². The van der Waals surface area contributed by atoms with Gasteiger partial charge in [0.2, 0.25) is 0 Å². The number of ether oxygens (including phenoxy) is 1. The summed E-state index contributed by atoms with van der Waals surface area (Å²) in [4.78, 5) is 31.9. The molecule has 2 saturated heterocycles. The molecule has 1 spiro atoms. The number of carbonyl (C=O) groups is 1. The monoisotopic (exact) mass is 620 g/mol. The maximum absolute atomic E-state index is 14.2. The van der Waals surface area contributed by atoms with Crippen LogP contribution >= 0.6 is 0 Å². The summed E-state index contributed by atoms with van der Waals surface area (Å²) in [6.45, 7) is 4.53. The quantitative estimate of drug-likeness (QED) is 0.494. The first-order valence-electron chi connectivity index (χ1n) is 15.7. The topological polar surface area (TPSA) is 116 Å². The number of benzene rings is 1. The molecule has 10 heteroatoms. The van der Waals surface area contributed by atoms with E-state index in [9.17, 15) is 18.9 Å². The summed E-state index contributed by atoms with van der Waals surface area (Å²) in [6, 6.07) is 10.6. The molecule has 2 aliphatic heterocycles. The van der Waals surface area contributed by atoms with Crippen LogP contribution in [0.2, 0.25) is 0 Å². The van der Waals surface area contributed by atoms with Gasteiger partial charge in [-0.25, -0.2) is 13.8 Å². The van der Waals surface area contributed by atoms with Crippen molar-refractivity contribution in [3.63, 3.8) is 0 Å². The second-order valence-electron chi connectivity index (χ2n) is 13.5. The van der Waals surface area contributed by atoms with E-state index in [1.54, 1.807) is 0 Å². The summed E-state index contributed by atoms with van der Waals surface area (Å²) in [5.74, 6) is 0. The molecular weight excluding hydrogens is 576 g/mol. The van der Waals surface area contributed by atoms with Crippen molar-refractivity contribution in [3.05, 3.63) is 77.3 Å². The Labute approximate surface area is 260 Å². The first kappa shape index (κ1) is 30.8. The lowest BCUT2D eigenvalue weighted by Gasteiger charge is -2.54. The molecule has 4 aliphatic rings. The number of amides is 2. The van der Waals surface area contributed by atoms with Crippen molar-refractivity contribution in [3.8, 4) is 11.1 Å². The average molecular weight is 621 g/mol. The lowest BCUT2D eigenvalue weighted by atomic mass is 9.66. The van der Waals surface area contributed by atoms with Crippen LogP contribution in [0, 0.1) is 15.6 Å². The first-order chi connectivity index (χ1) is 20.9. The number of aromatic nitrogens is 1. The zero-order chi connectivity index (χ0) is 31.2. The molecule has 2 aliphatic carbocycles. The molecule has 2 amide bonds. The Morgan fingerprint density at radius 1 is 1.14 bits per heavy atom. The number of morpholine rings is 1. The van der Waals surface area contributed by atoms with Gasteiger partial charge in [-0.15, -0.1) is 0 Å². The van der Waals surface area contributed by atoms with Crippen LogP contribution in [-0.2, 0) is 21.0 Å². The van der Waals surface area contributed by atoms with Crippen molar-refractivity contribution in [1.82, 2.24) is 14.4 Å². The number of allylic oxidation sites excluding steroid dienone is 3. The SMILES string of the molecule is CC1([C@@H]2COCCN2C(=O)N2CCC(O)(Cn3cc(S(C)(=N)=O)c(-c4ccccc4)cc3=O)C3(CCCC3)C2)C=CC=CC1. The first-order valence-corrected chi connectivity index (χ1v) is 17.7. The third-order valence-electron chi connectivity index (χ3n) is 10.6. The minimum Gasteiger partial charge on any atom is -0.387 e. The second kappa shape index (κ2) is 11.6. The largest absolute Gasteiger partial charge is 0.387 e. The van der Waals surface area contributed by atoms with Crippen LogP contribution in [-0.4, -0.2) is 80.5 Å². The van der Waals surface area contributed by atoms with E-state index in [2.05, 4.69) is 19.1 Å². The number of piperidine rings is 1. The van der Waals surface area contributed by atoms with Gasteiger partial charge in [0, 0.05) is 54.5 Å². The third kappa shape index (κ3) is 5.56. The number of hydrogen-bond donors (Lipinski definition) is 2. The van der Waals surface area contributed by atoms with Crippen LogP contribution in [0.3, 0.4) is 0 Å². The number of pyridine rings is 1. The molecular formula is C34H44N4O5S. The van der Waals surface area contributed by atoms with Crippen molar-refractivity contribution in [2.24, 2.45) is 10.8 Å². The number of nitrogens with zero attached hydrogens (tertiary/aromatic N) is 3. The van der Waals surface area contributed by atoms with Crippen molar-refractivity contribution < 1.29 is 18.8 Å². The van der Waals surface area contributed by atoms with Crippen LogP contribution < -0.4 is 5.56 Å². The van der Waals surface area contributed by atoms with Crippen LogP contribution in [0.5, 0.6) is 0 Å². The molecule has 44 heavy (non-hydrogen) atoms. The zero-order valence-electron chi connectivity index (χ0n) is 25.7. The molecule has 1 saturated carbocycles. The van der Waals surface area contributed by atoms with Crippen molar-refractivity contribution in [2.75, 3.05) is 39.1 Å². The highest BCUT2D eigenvalue weighted by atomic mass is 32.2. The molecule has 6 rings (SSSR count). The van der Waals surface area contributed by atoms with Crippen molar-refractivity contribution >= 4 is 15.8 Å². The van der Waals surface area contributed by atoms with Gasteiger partial charge in [-0.1, -0.05) is 74.4 Å². The fraction of sp³-hybridized carbons (Fsp3) is 0.529. The number of carbonyl (C=O) groups excluding carboxylic acids is 1. The van der Waals surface area contributed by atoms with Gasteiger partial charge in [0.05, 0.1) is 46.0 Å². The zero-order valence-corrected chi connectivity index (χ0v) is 26.6. The maximum Gasteiger partial charge on any atom is 0.320 e. The molecule has 0 bridgehead atoms. The molecule has 4 atom stereocenters. The highest BCUT2D eigenvalue weighted by Gasteiger charge is 2.56. The predicted molar refractivity (Wildman–Crippen MR) is 171 cm³/mol. The smallest absolute Gasteiger partial charge is 0.320 e. The van der Waals surface area contributed by atoms with Gasteiger partial charge in [0.25, 0.3) is 5.56 Å². The lowest BCUT2D eigenvalue weighted by molar-refractivity contribution is -0.138. The third-order valence-corrected chi connectivity index (χ3v) is 11.7. The van der Waals surface area contributed by atoms with Gasteiger partial charge >= 0.3 is 6.03 Å². The minimum atomic E-state index is -3.18. The number of aliphatic hydroxyl groups is 1. The summed E-state index contributed by atoms with van der Waals surface area (Å²) in [6.07, 6.45) is 15.9. The Morgan fingerprint density at radius 2 is 1.89 bits per heavy atom. The minimum absolute atomic E-state index is 0.0117. The summed E-state index contributed by atoms with van der Waals surface area (Å²) < 4.78 is 28.8. The Balaban J connectivity index is 1.29. The van der Waals surface area contributed by atoms with Crippen molar-refractivity contribution in [2.45, 2.75) is 68.5 Å². The maximum atomic E-state index is 14.2. The molecule has 1 aromatic carbocycles. The summed E-state index contributed by atoms with van der Waals surface area (Å²) in [7, 11) is -3.18. The van der Waals surface area contributed by atoms with E-state index in [0.717, 1.165) is 37.7 Å². The van der Waals surface area contributed by atoms with Crippen molar-refractivity contribution in [1.29, 1.82) is 4.78 Å². The molecule has 2 aromatic rings. The number of hydrogen-bond acceptors (Lipinski definition) is 6. The Morgan fingerprint density at radius 3 is 2.57 bits per heavy atom. The Kier molecular flexibility index (Phi) is 8.13. The number of likely N-dealkylation sites (tertiary alicyclic amines) is 1. The van der Waals surface area contributed by atoms with Crippen LogP contribution in [0.15, 0.2) is 76.6 Å². The van der Waals surface area contributed by atoms with E-state index >= 15 is 0 Å². The molecule has 0 radical (unpaired) electrons. The van der Waals surface area contributed by atoms with Gasteiger partial charge in [-0.2, -0.15) is 0 Å². The number of nitrogens with one attached hydrogen (secondary N) is 1. The van der Waals surface area contributed by atoms with Gasteiger partial charge in [0.15, 0.2) is 0 Å². The molecule has 3 heterocycles. The molecule has 236 valence electrons. The summed E-state index contributed by atoms with van der Waals surface area (Å²) in [5.41, 5.74) is -1.12. The highest BCUT2D eigenvalue weighted by Crippen LogP contribution is 2.52. The summed E-state index contributed by atoms with van der Waals surface area (Å²) >= 11 is 0. The van der Waals surface area contributed by atoms with Gasteiger partial charge in [-0.05, 0) is 31.2 Å². The lowest BCUT2D eigenvalue weighted by Crippen LogP contribution is -2.65. The van der Waals surface area contributed by atoms with E-state index in [4.69, 9.17) is 9.52 Å². The average Bonchev–Trinajstić information content (AvgIpc) is 3.49. The number of rotatable bonds is 5. The van der Waals surface area contributed by atoms with E-state index < -0.39 is 20.7 Å². The fourth-order valence-electron chi connectivity index (χ4n) is 7.92. The Bertz CT molecular complexity index is 1630. The standard InChI is InChI=1S/C34H44N4O5S/c1-32(13-7-4-8-14-32)29-23-43-20-19-38(29)31(40)36-18-17-34(41,33(24-36)15-9-10-16-33)25-37-22-28(44(2,35)42)27(21-30(37)39)26-11-5-3-6-12-26/h3-8,11-13,21-22,29,35,41H,9-10,14-20,23-25H2,1-2H3/t29-,32?,34?,44?/m0/s1. The normalized spacial score (nSPS) is 29.6. The molecule has 1 aromatic heterocycles. The predicted octanol–water partition coefficient (Wildman–Crippen LogP) is 4.89. The molecule has 9 nitrogen and oxygen atoms in total. The van der Waals surface area contributed by atoms with Crippen LogP contribution in [0.4, 0.5) is 4.79 Å². The van der Waals surface area contributed by atoms with E-state index in [1.807, 2.05) is 52.3 Å². The highest BCUT2D eigenvalue weighted by molar-refractivity contribution is 7.91. The van der Waals surface area contributed by atoms with E-state index in [1.165, 1.54) is 23.1 Å².